The zero-order valence-corrected chi connectivity index (χ0v) is 12.8. The number of halogens is 1. The number of rotatable bonds is 9. The van der Waals surface area contributed by atoms with Gasteiger partial charge in [-0.05, 0) is 42.9 Å². The van der Waals surface area contributed by atoms with Gasteiger partial charge >= 0.3 is 0 Å². The molecule has 0 aliphatic rings. The van der Waals surface area contributed by atoms with Gasteiger partial charge in [0.2, 0.25) is 0 Å². The zero-order valence-electron chi connectivity index (χ0n) is 12.8. The molecule has 108 valence electrons. The van der Waals surface area contributed by atoms with Crippen molar-refractivity contribution in [1.29, 1.82) is 0 Å². The van der Waals surface area contributed by atoms with E-state index in [1.54, 1.807) is 6.07 Å². The van der Waals surface area contributed by atoms with E-state index >= 15 is 0 Å². The van der Waals surface area contributed by atoms with Crippen molar-refractivity contribution in [2.75, 3.05) is 0 Å². The summed E-state index contributed by atoms with van der Waals surface area (Å²) in [7, 11) is 0. The molecule has 0 aliphatic carbocycles. The van der Waals surface area contributed by atoms with Crippen LogP contribution in [0, 0.1) is 18.7 Å². The van der Waals surface area contributed by atoms with Crippen molar-refractivity contribution >= 4 is 0 Å². The number of aryl methyl sites for hydroxylation is 2. The fraction of sp³-hybridized carbons (Fsp3) is 0.667. The molecule has 0 nitrogen and oxygen atoms in total. The van der Waals surface area contributed by atoms with Crippen LogP contribution in [0.25, 0.3) is 0 Å². The van der Waals surface area contributed by atoms with Crippen molar-refractivity contribution in [3.05, 3.63) is 35.1 Å². The van der Waals surface area contributed by atoms with Gasteiger partial charge < -0.3 is 0 Å². The highest BCUT2D eigenvalue weighted by molar-refractivity contribution is 5.23. The summed E-state index contributed by atoms with van der Waals surface area (Å²) in [5.74, 6) is 0.766. The molecule has 0 fully saturated rings. The Labute approximate surface area is 118 Å². The van der Waals surface area contributed by atoms with Crippen LogP contribution in [0.1, 0.15) is 69.9 Å². The van der Waals surface area contributed by atoms with Crippen LogP contribution < -0.4 is 0 Å². The molecule has 0 saturated heterocycles. The minimum atomic E-state index is -0.0859. The molecule has 0 N–H and O–H groups in total. The number of hydrogen-bond donors (Lipinski definition) is 0. The third-order valence-corrected chi connectivity index (χ3v) is 4.00. The van der Waals surface area contributed by atoms with E-state index in [9.17, 15) is 4.39 Å². The second kappa shape index (κ2) is 9.12. The summed E-state index contributed by atoms with van der Waals surface area (Å²) in [5, 5.41) is 0. The van der Waals surface area contributed by atoms with E-state index in [1.807, 2.05) is 19.1 Å². The van der Waals surface area contributed by atoms with Crippen LogP contribution >= 0.6 is 0 Å². The van der Waals surface area contributed by atoms with Crippen molar-refractivity contribution in [3.63, 3.8) is 0 Å². The van der Waals surface area contributed by atoms with Gasteiger partial charge in [-0.2, -0.15) is 0 Å². The van der Waals surface area contributed by atoms with E-state index in [-0.39, 0.29) is 5.82 Å². The molecule has 19 heavy (non-hydrogen) atoms. The first kappa shape index (κ1) is 16.2. The maximum absolute atomic E-state index is 13.2. The highest BCUT2D eigenvalue weighted by atomic mass is 19.1. The van der Waals surface area contributed by atoms with E-state index in [4.69, 9.17) is 0 Å². The molecule has 0 aliphatic heterocycles. The number of hydrogen-bond acceptors (Lipinski definition) is 0. The third kappa shape index (κ3) is 6.22. The molecule has 0 radical (unpaired) electrons. The van der Waals surface area contributed by atoms with E-state index in [0.717, 1.165) is 17.9 Å². The van der Waals surface area contributed by atoms with Crippen molar-refractivity contribution in [2.45, 2.75) is 72.1 Å². The average molecular weight is 264 g/mol. The smallest absolute Gasteiger partial charge is 0.126 e. The topological polar surface area (TPSA) is 0 Å². The van der Waals surface area contributed by atoms with Gasteiger partial charge in [-0.1, -0.05) is 64.5 Å². The Balaban J connectivity index is 2.46. The maximum Gasteiger partial charge on any atom is 0.126 e. The molecule has 1 aromatic carbocycles. The molecule has 0 atom stereocenters. The van der Waals surface area contributed by atoms with Crippen LogP contribution in [0.2, 0.25) is 0 Å². The monoisotopic (exact) mass is 264 g/mol. The first-order chi connectivity index (χ1) is 9.17. The molecule has 0 saturated carbocycles. The molecule has 0 bridgehead atoms. The van der Waals surface area contributed by atoms with Gasteiger partial charge in [0.15, 0.2) is 0 Å². The molecule has 1 heteroatoms. The lowest BCUT2D eigenvalue weighted by Gasteiger charge is -2.16. The Kier molecular flexibility index (Phi) is 7.78. The Morgan fingerprint density at radius 2 is 1.63 bits per heavy atom. The van der Waals surface area contributed by atoms with Crippen LogP contribution in [0.4, 0.5) is 4.39 Å². The lowest BCUT2D eigenvalue weighted by molar-refractivity contribution is 0.394. The summed E-state index contributed by atoms with van der Waals surface area (Å²) in [6.07, 6.45) is 10.3. The summed E-state index contributed by atoms with van der Waals surface area (Å²) >= 11 is 0. The molecule has 1 rings (SSSR count). The summed E-state index contributed by atoms with van der Waals surface area (Å²) in [4.78, 5) is 0. The highest BCUT2D eigenvalue weighted by Crippen LogP contribution is 2.22. The Hall–Kier alpha value is -0.850. The molecule has 0 amide bonds. The van der Waals surface area contributed by atoms with Crippen LogP contribution in [-0.4, -0.2) is 0 Å². The molecule has 0 unspecified atom stereocenters. The number of benzene rings is 1. The molecule has 0 aromatic heterocycles. The molecular weight excluding hydrogens is 235 g/mol. The Morgan fingerprint density at radius 3 is 2.16 bits per heavy atom. The van der Waals surface area contributed by atoms with Crippen molar-refractivity contribution < 1.29 is 4.39 Å². The predicted octanol–water partition coefficient (Wildman–Crippen LogP) is 6.06. The maximum atomic E-state index is 13.2. The van der Waals surface area contributed by atoms with Crippen LogP contribution in [-0.2, 0) is 6.42 Å². The van der Waals surface area contributed by atoms with Crippen LogP contribution in [0.5, 0.6) is 0 Å². The van der Waals surface area contributed by atoms with Crippen molar-refractivity contribution in [3.8, 4) is 0 Å². The van der Waals surface area contributed by atoms with Gasteiger partial charge in [0.1, 0.15) is 5.82 Å². The van der Waals surface area contributed by atoms with Crippen molar-refractivity contribution in [1.82, 2.24) is 0 Å². The van der Waals surface area contributed by atoms with Crippen LogP contribution in [0.3, 0.4) is 0 Å². The summed E-state index contributed by atoms with van der Waals surface area (Å²) in [6, 6.07) is 5.56. The van der Waals surface area contributed by atoms with E-state index in [1.165, 1.54) is 50.5 Å². The fourth-order valence-corrected chi connectivity index (χ4v) is 2.65. The predicted molar refractivity (Wildman–Crippen MR) is 82.0 cm³/mol. The van der Waals surface area contributed by atoms with Gasteiger partial charge in [-0.25, -0.2) is 4.39 Å². The normalized spacial score (nSPS) is 11.2. The zero-order chi connectivity index (χ0) is 14.1. The minimum Gasteiger partial charge on any atom is -0.207 e. The number of unbranched alkanes of at least 4 members (excludes halogenated alkanes) is 2. The summed E-state index contributed by atoms with van der Waals surface area (Å²) in [5.41, 5.74) is 2.06. The fourth-order valence-electron chi connectivity index (χ4n) is 2.65. The first-order valence-electron chi connectivity index (χ1n) is 7.92. The van der Waals surface area contributed by atoms with Gasteiger partial charge in [0.05, 0.1) is 0 Å². The summed E-state index contributed by atoms with van der Waals surface area (Å²) < 4.78 is 13.2. The lowest BCUT2D eigenvalue weighted by Crippen LogP contribution is -2.03. The van der Waals surface area contributed by atoms with Crippen LogP contribution in [0.15, 0.2) is 18.2 Å². The molecule has 1 aromatic rings. The first-order valence-corrected chi connectivity index (χ1v) is 7.92. The second-order valence-electron chi connectivity index (χ2n) is 5.77. The van der Waals surface area contributed by atoms with E-state index < -0.39 is 0 Å². The highest BCUT2D eigenvalue weighted by Gasteiger charge is 2.09. The van der Waals surface area contributed by atoms with Gasteiger partial charge in [0, 0.05) is 0 Å². The average Bonchev–Trinajstić information content (AvgIpc) is 2.41. The Morgan fingerprint density at radius 1 is 1.00 bits per heavy atom. The summed E-state index contributed by atoms with van der Waals surface area (Å²) in [6.45, 7) is 6.38. The van der Waals surface area contributed by atoms with Gasteiger partial charge in [-0.3, -0.25) is 0 Å². The SMILES string of the molecule is CCCCC(CCCC)CCc1ccc(F)c(C)c1. The second-order valence-corrected chi connectivity index (χ2v) is 5.77. The molecule has 0 spiro atoms. The largest absolute Gasteiger partial charge is 0.207 e. The third-order valence-electron chi connectivity index (χ3n) is 4.00. The van der Waals surface area contributed by atoms with Gasteiger partial charge in [0.25, 0.3) is 0 Å². The molecular formula is C18H29F. The quantitative estimate of drug-likeness (QED) is 0.508. The van der Waals surface area contributed by atoms with Gasteiger partial charge in [-0.15, -0.1) is 0 Å². The van der Waals surface area contributed by atoms with E-state index in [2.05, 4.69) is 13.8 Å². The van der Waals surface area contributed by atoms with Crippen molar-refractivity contribution in [2.24, 2.45) is 5.92 Å². The Bertz CT molecular complexity index is 349. The standard InChI is InChI=1S/C18H29F/c1-4-6-8-16(9-7-5-2)10-11-17-12-13-18(19)15(3)14-17/h12-14,16H,4-11H2,1-3H3. The molecule has 0 heterocycles. The minimum absolute atomic E-state index is 0.0859. The lowest BCUT2D eigenvalue weighted by atomic mass is 9.90. The van der Waals surface area contributed by atoms with E-state index in [0.29, 0.717) is 0 Å².